The van der Waals surface area contributed by atoms with Gasteiger partial charge in [-0.15, -0.1) is 0 Å². The molecule has 164 valence electrons. The lowest BCUT2D eigenvalue weighted by molar-refractivity contribution is -0.255. The summed E-state index contributed by atoms with van der Waals surface area (Å²) in [5, 5.41) is 33.0. The van der Waals surface area contributed by atoms with Crippen LogP contribution in [0.2, 0.25) is 0 Å². The van der Waals surface area contributed by atoms with Crippen molar-refractivity contribution in [3.8, 4) is 0 Å². The maximum Gasteiger partial charge on any atom is 0.162 e. The third-order valence-electron chi connectivity index (χ3n) is 11.2. The van der Waals surface area contributed by atoms with Crippen molar-refractivity contribution in [1.82, 2.24) is 0 Å². The van der Waals surface area contributed by atoms with Crippen LogP contribution in [-0.2, 0) is 4.74 Å². The van der Waals surface area contributed by atoms with Gasteiger partial charge >= 0.3 is 0 Å². The molecule has 10 unspecified atom stereocenters. The molecule has 0 amide bonds. The van der Waals surface area contributed by atoms with E-state index >= 15 is 0 Å². The number of hydrogen-bond donors (Lipinski definition) is 3. The summed E-state index contributed by atoms with van der Waals surface area (Å²) in [5.41, 5.74) is 1.07. The van der Waals surface area contributed by atoms with Crippen LogP contribution in [-0.4, -0.2) is 40.4 Å². The Bertz CT molecular complexity index is 730. The zero-order valence-corrected chi connectivity index (χ0v) is 18.8. The fraction of sp³-hybridized carbons (Fsp3) is 0.920. The Hall–Kier alpha value is -0.420. The van der Waals surface area contributed by atoms with Gasteiger partial charge in [-0.25, -0.2) is 0 Å². The molecule has 5 aliphatic rings. The van der Waals surface area contributed by atoms with Crippen molar-refractivity contribution in [2.75, 3.05) is 6.61 Å². The fourth-order valence-corrected chi connectivity index (χ4v) is 9.61. The molecule has 0 spiro atoms. The molecule has 4 fully saturated rings. The molecule has 29 heavy (non-hydrogen) atoms. The normalized spacial score (nSPS) is 58.5. The largest absolute Gasteiger partial charge is 0.393 e. The molecular weight excluding hydrogens is 364 g/mol. The Kier molecular flexibility index (Phi) is 4.30. The van der Waals surface area contributed by atoms with E-state index in [9.17, 15) is 15.3 Å². The van der Waals surface area contributed by atoms with Crippen LogP contribution in [0.4, 0.5) is 0 Å². The van der Waals surface area contributed by atoms with Crippen molar-refractivity contribution in [2.24, 2.45) is 45.3 Å². The van der Waals surface area contributed by atoms with Crippen LogP contribution >= 0.6 is 0 Å². The number of ether oxygens (including phenoxy) is 1. The molecule has 3 saturated carbocycles. The smallest absolute Gasteiger partial charge is 0.162 e. The van der Waals surface area contributed by atoms with Gasteiger partial charge in [0.15, 0.2) is 6.29 Å². The summed E-state index contributed by atoms with van der Waals surface area (Å²) in [6, 6.07) is 0. The van der Waals surface area contributed by atoms with Gasteiger partial charge < -0.3 is 20.1 Å². The first-order chi connectivity index (χ1) is 13.5. The van der Waals surface area contributed by atoms with Crippen LogP contribution < -0.4 is 0 Å². The van der Waals surface area contributed by atoms with E-state index in [1.807, 2.05) is 0 Å². The second kappa shape index (κ2) is 6.09. The standard InChI is InChI=1S/C25H40O4/c1-22(2)15-8-10-24(4)16-7-6-14-13-29-21(28)20(14)25(16,5)19(27)12-17(24)23(15,3)11-9-18(22)26/h6,15-21,26-28H,7-13H2,1-5H3. The minimum Gasteiger partial charge on any atom is -0.393 e. The molecule has 4 aliphatic carbocycles. The highest BCUT2D eigenvalue weighted by Gasteiger charge is 2.69. The van der Waals surface area contributed by atoms with Crippen LogP contribution in [0.1, 0.15) is 73.1 Å². The lowest BCUT2D eigenvalue weighted by Crippen LogP contribution is -2.67. The maximum atomic E-state index is 11.6. The van der Waals surface area contributed by atoms with Crippen molar-refractivity contribution >= 4 is 0 Å². The minimum atomic E-state index is -0.792. The van der Waals surface area contributed by atoms with Gasteiger partial charge in [-0.2, -0.15) is 0 Å². The Balaban J connectivity index is 1.58. The van der Waals surface area contributed by atoms with Crippen LogP contribution in [0.3, 0.4) is 0 Å². The van der Waals surface area contributed by atoms with Crippen LogP contribution in [0.5, 0.6) is 0 Å². The molecule has 1 aliphatic heterocycles. The molecule has 5 rings (SSSR count). The maximum absolute atomic E-state index is 11.6. The minimum absolute atomic E-state index is 0.0742. The first-order valence-electron chi connectivity index (χ1n) is 11.8. The summed E-state index contributed by atoms with van der Waals surface area (Å²) in [5.74, 6) is 1.21. The second-order valence-electron chi connectivity index (χ2n) is 12.4. The Morgan fingerprint density at radius 2 is 1.52 bits per heavy atom. The topological polar surface area (TPSA) is 69.9 Å². The summed E-state index contributed by atoms with van der Waals surface area (Å²) < 4.78 is 5.62. The van der Waals surface area contributed by atoms with Gasteiger partial charge in [-0.05, 0) is 78.1 Å². The predicted molar refractivity (Wildman–Crippen MR) is 112 cm³/mol. The highest BCUT2D eigenvalue weighted by atomic mass is 16.6. The summed E-state index contributed by atoms with van der Waals surface area (Å²) in [6.45, 7) is 12.2. The van der Waals surface area contributed by atoms with Crippen molar-refractivity contribution in [3.05, 3.63) is 11.6 Å². The summed E-state index contributed by atoms with van der Waals surface area (Å²) >= 11 is 0. The number of fused-ring (bicyclic) bond motifs is 7. The summed E-state index contributed by atoms with van der Waals surface area (Å²) in [4.78, 5) is 0. The lowest BCUT2D eigenvalue weighted by Gasteiger charge is -2.71. The first-order valence-corrected chi connectivity index (χ1v) is 11.8. The molecule has 0 aromatic heterocycles. The van der Waals surface area contributed by atoms with Crippen LogP contribution in [0.15, 0.2) is 11.6 Å². The zero-order valence-electron chi connectivity index (χ0n) is 18.8. The molecule has 10 atom stereocenters. The molecule has 4 nitrogen and oxygen atoms in total. The van der Waals surface area contributed by atoms with Gasteiger partial charge in [0.2, 0.25) is 0 Å². The fourth-order valence-electron chi connectivity index (χ4n) is 9.61. The molecular formula is C25H40O4. The summed E-state index contributed by atoms with van der Waals surface area (Å²) in [7, 11) is 0. The average molecular weight is 405 g/mol. The molecule has 1 saturated heterocycles. The van der Waals surface area contributed by atoms with E-state index in [-0.39, 0.29) is 33.7 Å². The van der Waals surface area contributed by atoms with Gasteiger partial charge in [0.05, 0.1) is 18.8 Å². The van der Waals surface area contributed by atoms with E-state index in [1.54, 1.807) is 0 Å². The van der Waals surface area contributed by atoms with E-state index in [0.29, 0.717) is 24.4 Å². The van der Waals surface area contributed by atoms with E-state index in [1.165, 1.54) is 5.57 Å². The SMILES string of the molecule is CC1(C)C(O)CCC2(C)C1CCC1(C)C2CC(O)C2(C)C3C(=CCC12)COC3O. The molecule has 0 bridgehead atoms. The average Bonchev–Trinajstić information content (AvgIpc) is 3.03. The predicted octanol–water partition coefficient (Wildman–Crippen LogP) is 3.89. The van der Waals surface area contributed by atoms with Crippen LogP contribution in [0, 0.1) is 45.3 Å². The van der Waals surface area contributed by atoms with E-state index < -0.39 is 12.4 Å². The Morgan fingerprint density at radius 3 is 2.24 bits per heavy atom. The van der Waals surface area contributed by atoms with Gasteiger partial charge in [0.1, 0.15) is 0 Å². The number of rotatable bonds is 0. The third kappa shape index (κ3) is 2.35. The molecule has 0 aromatic carbocycles. The lowest BCUT2D eigenvalue weighted by atomic mass is 9.34. The monoisotopic (exact) mass is 404 g/mol. The zero-order chi connectivity index (χ0) is 21.0. The van der Waals surface area contributed by atoms with Crippen molar-refractivity contribution < 1.29 is 20.1 Å². The number of aliphatic hydroxyl groups is 3. The van der Waals surface area contributed by atoms with E-state index in [0.717, 1.165) is 38.5 Å². The Labute approximate surface area is 175 Å². The number of hydrogen-bond acceptors (Lipinski definition) is 4. The van der Waals surface area contributed by atoms with E-state index in [4.69, 9.17) is 4.74 Å². The van der Waals surface area contributed by atoms with E-state index in [2.05, 4.69) is 40.7 Å². The van der Waals surface area contributed by atoms with Crippen LogP contribution in [0.25, 0.3) is 0 Å². The van der Waals surface area contributed by atoms with Gasteiger partial charge in [0, 0.05) is 11.3 Å². The molecule has 4 heteroatoms. The molecule has 3 N–H and O–H groups in total. The highest BCUT2D eigenvalue weighted by Crippen LogP contribution is 2.73. The molecule has 0 radical (unpaired) electrons. The van der Waals surface area contributed by atoms with Gasteiger partial charge in [-0.1, -0.05) is 40.7 Å². The molecule has 0 aromatic rings. The third-order valence-corrected chi connectivity index (χ3v) is 11.2. The number of aliphatic hydroxyl groups excluding tert-OH is 3. The first kappa shape index (κ1) is 20.5. The van der Waals surface area contributed by atoms with Gasteiger partial charge in [-0.3, -0.25) is 0 Å². The van der Waals surface area contributed by atoms with Crippen molar-refractivity contribution in [2.45, 2.75) is 91.6 Å². The molecule has 1 heterocycles. The van der Waals surface area contributed by atoms with Crippen molar-refractivity contribution in [1.29, 1.82) is 0 Å². The second-order valence-corrected chi connectivity index (χ2v) is 12.4. The number of allylic oxidation sites excluding steroid dienone is 1. The highest BCUT2D eigenvalue weighted by molar-refractivity contribution is 5.27. The van der Waals surface area contributed by atoms with Gasteiger partial charge in [0.25, 0.3) is 0 Å². The van der Waals surface area contributed by atoms with Crippen molar-refractivity contribution in [3.63, 3.8) is 0 Å². The Morgan fingerprint density at radius 1 is 0.862 bits per heavy atom. The summed E-state index contributed by atoms with van der Waals surface area (Å²) in [6.07, 6.45) is 6.86. The quantitative estimate of drug-likeness (QED) is 0.536.